The van der Waals surface area contributed by atoms with E-state index in [9.17, 15) is 13.2 Å². The monoisotopic (exact) mass is 262 g/mol. The van der Waals surface area contributed by atoms with Crippen molar-refractivity contribution in [2.75, 3.05) is 25.4 Å². The fourth-order valence-electron chi connectivity index (χ4n) is 2.05. The number of nitrogens with zero attached hydrogens (tertiary/aromatic N) is 1. The molecule has 1 amide bonds. The van der Waals surface area contributed by atoms with E-state index in [2.05, 4.69) is 5.32 Å². The van der Waals surface area contributed by atoms with Crippen LogP contribution in [-0.2, 0) is 14.8 Å². The number of hydrogen-bond donors (Lipinski definition) is 1. The van der Waals surface area contributed by atoms with Crippen LogP contribution in [0.25, 0.3) is 0 Å². The van der Waals surface area contributed by atoms with Gasteiger partial charge in [0.2, 0.25) is 15.9 Å². The zero-order chi connectivity index (χ0) is 12.9. The first-order valence-corrected chi connectivity index (χ1v) is 7.87. The van der Waals surface area contributed by atoms with E-state index in [-0.39, 0.29) is 17.6 Å². The molecular formula is C11H22N2O3S. The van der Waals surface area contributed by atoms with Crippen molar-refractivity contribution in [1.82, 2.24) is 9.62 Å². The van der Waals surface area contributed by atoms with Gasteiger partial charge < -0.3 is 5.32 Å². The summed E-state index contributed by atoms with van der Waals surface area (Å²) in [6.45, 7) is 5.36. The lowest BCUT2D eigenvalue weighted by Crippen LogP contribution is -2.38. The van der Waals surface area contributed by atoms with E-state index in [1.165, 1.54) is 4.31 Å². The van der Waals surface area contributed by atoms with Crippen molar-refractivity contribution >= 4 is 15.9 Å². The molecule has 1 aliphatic heterocycles. The summed E-state index contributed by atoms with van der Waals surface area (Å²) in [5, 5.41) is 2.80. The number of carbonyl (C=O) groups is 1. The Labute approximate surface area is 104 Å². The zero-order valence-corrected chi connectivity index (χ0v) is 11.4. The largest absolute Gasteiger partial charge is 0.355 e. The van der Waals surface area contributed by atoms with Gasteiger partial charge in [-0.15, -0.1) is 0 Å². The molecule has 0 aromatic rings. The Kier molecular flexibility index (Phi) is 5.39. The summed E-state index contributed by atoms with van der Waals surface area (Å²) >= 11 is 0. The fraction of sp³-hybridized carbons (Fsp3) is 0.909. The molecule has 1 heterocycles. The van der Waals surface area contributed by atoms with E-state index in [1.807, 2.05) is 13.8 Å². The Balaban J connectivity index is 2.31. The molecular weight excluding hydrogens is 240 g/mol. The molecule has 0 aromatic heterocycles. The van der Waals surface area contributed by atoms with E-state index in [1.54, 1.807) is 0 Å². The second-order valence-corrected chi connectivity index (χ2v) is 6.46. The van der Waals surface area contributed by atoms with Crippen LogP contribution in [0.2, 0.25) is 0 Å². The SMILES string of the molecule is CCC(CC)C(=O)NCCN1CCCS1(=O)=O. The molecule has 1 aliphatic rings. The highest BCUT2D eigenvalue weighted by Gasteiger charge is 2.27. The first-order valence-electron chi connectivity index (χ1n) is 6.26. The molecule has 0 spiro atoms. The highest BCUT2D eigenvalue weighted by Crippen LogP contribution is 2.12. The average molecular weight is 262 g/mol. The lowest BCUT2D eigenvalue weighted by Gasteiger charge is -2.16. The number of sulfonamides is 1. The van der Waals surface area contributed by atoms with Crippen molar-refractivity contribution in [1.29, 1.82) is 0 Å². The minimum atomic E-state index is -3.03. The highest BCUT2D eigenvalue weighted by atomic mass is 32.2. The molecule has 0 aliphatic carbocycles. The summed E-state index contributed by atoms with van der Waals surface area (Å²) in [5.74, 6) is 0.324. The average Bonchev–Trinajstić information content (AvgIpc) is 2.60. The van der Waals surface area contributed by atoms with Gasteiger partial charge in [0.1, 0.15) is 0 Å². The molecule has 0 atom stereocenters. The molecule has 0 radical (unpaired) electrons. The van der Waals surface area contributed by atoms with Gasteiger partial charge in [-0.25, -0.2) is 12.7 Å². The maximum Gasteiger partial charge on any atom is 0.223 e. The molecule has 0 saturated carbocycles. The Bertz CT molecular complexity index is 350. The summed E-state index contributed by atoms with van der Waals surface area (Å²) < 4.78 is 24.5. The van der Waals surface area contributed by atoms with Crippen LogP contribution in [0.15, 0.2) is 0 Å². The molecule has 1 fully saturated rings. The van der Waals surface area contributed by atoms with Crippen LogP contribution in [-0.4, -0.2) is 44.0 Å². The number of amides is 1. The summed E-state index contributed by atoms with van der Waals surface area (Å²) in [5.41, 5.74) is 0. The van der Waals surface area contributed by atoms with Crippen molar-refractivity contribution in [2.24, 2.45) is 5.92 Å². The quantitative estimate of drug-likeness (QED) is 0.761. The first kappa shape index (κ1) is 14.4. The predicted molar refractivity (Wildman–Crippen MR) is 67.1 cm³/mol. The van der Waals surface area contributed by atoms with Gasteiger partial charge in [-0.05, 0) is 19.3 Å². The summed E-state index contributed by atoms with van der Waals surface area (Å²) in [6.07, 6.45) is 2.34. The first-order chi connectivity index (χ1) is 8.01. The summed E-state index contributed by atoms with van der Waals surface area (Å²) in [4.78, 5) is 11.7. The van der Waals surface area contributed by atoms with E-state index >= 15 is 0 Å². The van der Waals surface area contributed by atoms with Crippen molar-refractivity contribution in [3.63, 3.8) is 0 Å². The topological polar surface area (TPSA) is 66.5 Å². The normalized spacial score (nSPS) is 19.7. The van der Waals surface area contributed by atoms with E-state index in [0.717, 1.165) is 12.8 Å². The van der Waals surface area contributed by atoms with E-state index in [4.69, 9.17) is 0 Å². The van der Waals surface area contributed by atoms with Crippen molar-refractivity contribution in [3.8, 4) is 0 Å². The number of carbonyl (C=O) groups excluding carboxylic acids is 1. The van der Waals surface area contributed by atoms with Crippen molar-refractivity contribution in [2.45, 2.75) is 33.1 Å². The highest BCUT2D eigenvalue weighted by molar-refractivity contribution is 7.89. The second-order valence-electron chi connectivity index (χ2n) is 4.37. The zero-order valence-electron chi connectivity index (χ0n) is 10.6. The van der Waals surface area contributed by atoms with Crippen LogP contribution in [0.4, 0.5) is 0 Å². The van der Waals surface area contributed by atoms with Gasteiger partial charge in [-0.2, -0.15) is 0 Å². The fourth-order valence-corrected chi connectivity index (χ4v) is 3.58. The van der Waals surface area contributed by atoms with Gasteiger partial charge in [-0.1, -0.05) is 13.8 Å². The number of nitrogens with one attached hydrogen (secondary N) is 1. The van der Waals surface area contributed by atoms with Gasteiger partial charge in [0.15, 0.2) is 0 Å². The molecule has 100 valence electrons. The number of rotatable bonds is 6. The predicted octanol–water partition coefficient (Wildman–Crippen LogP) is 0.574. The molecule has 1 N–H and O–H groups in total. The van der Waals surface area contributed by atoms with Crippen molar-refractivity contribution in [3.05, 3.63) is 0 Å². The van der Waals surface area contributed by atoms with Crippen LogP contribution in [0.5, 0.6) is 0 Å². The van der Waals surface area contributed by atoms with Gasteiger partial charge in [0.05, 0.1) is 5.75 Å². The Morgan fingerprint density at radius 2 is 2.00 bits per heavy atom. The molecule has 0 bridgehead atoms. The third-order valence-corrected chi connectivity index (χ3v) is 5.18. The van der Waals surface area contributed by atoms with Crippen molar-refractivity contribution < 1.29 is 13.2 Å². The van der Waals surface area contributed by atoms with Gasteiger partial charge >= 0.3 is 0 Å². The molecule has 5 nitrogen and oxygen atoms in total. The van der Waals surface area contributed by atoms with Gasteiger partial charge in [0.25, 0.3) is 0 Å². The van der Waals surface area contributed by atoms with E-state index in [0.29, 0.717) is 26.1 Å². The maximum absolute atomic E-state index is 11.7. The van der Waals surface area contributed by atoms with Crippen LogP contribution in [0, 0.1) is 5.92 Å². The molecule has 1 rings (SSSR count). The number of hydrogen-bond acceptors (Lipinski definition) is 3. The minimum absolute atomic E-state index is 0.0339. The maximum atomic E-state index is 11.7. The third kappa shape index (κ3) is 3.96. The summed E-state index contributed by atoms with van der Waals surface area (Å²) in [6, 6.07) is 0. The molecule has 0 aromatic carbocycles. The Morgan fingerprint density at radius 1 is 1.35 bits per heavy atom. The van der Waals surface area contributed by atoms with E-state index < -0.39 is 10.0 Å². The Morgan fingerprint density at radius 3 is 2.47 bits per heavy atom. The molecule has 1 saturated heterocycles. The smallest absolute Gasteiger partial charge is 0.223 e. The Hall–Kier alpha value is -0.620. The standard InChI is InChI=1S/C11H22N2O3S/c1-3-10(4-2)11(14)12-6-8-13-7-5-9-17(13,15)16/h10H,3-9H2,1-2H3,(H,12,14). The van der Waals surface area contributed by atoms with Crippen LogP contribution in [0.1, 0.15) is 33.1 Å². The molecule has 17 heavy (non-hydrogen) atoms. The van der Waals surface area contributed by atoms with Crippen LogP contribution in [0.3, 0.4) is 0 Å². The lowest BCUT2D eigenvalue weighted by atomic mass is 10.0. The summed E-state index contributed by atoms with van der Waals surface area (Å²) in [7, 11) is -3.03. The third-order valence-electron chi connectivity index (χ3n) is 3.22. The lowest BCUT2D eigenvalue weighted by molar-refractivity contribution is -0.125. The second kappa shape index (κ2) is 6.35. The molecule has 6 heteroatoms. The van der Waals surface area contributed by atoms with Crippen LogP contribution < -0.4 is 5.32 Å². The minimum Gasteiger partial charge on any atom is -0.355 e. The van der Waals surface area contributed by atoms with Gasteiger partial charge in [0, 0.05) is 25.6 Å². The molecule has 0 unspecified atom stereocenters. The van der Waals surface area contributed by atoms with Gasteiger partial charge in [-0.3, -0.25) is 4.79 Å². The van der Waals surface area contributed by atoms with Crippen LogP contribution >= 0.6 is 0 Å².